The van der Waals surface area contributed by atoms with E-state index in [1.165, 1.54) is 21.3 Å². The first-order valence-corrected chi connectivity index (χ1v) is 19.9. The Hall–Kier alpha value is -4.14. The molecule has 6 rings (SSSR count). The summed E-state index contributed by atoms with van der Waals surface area (Å²) in [5, 5.41) is 2.91. The summed E-state index contributed by atoms with van der Waals surface area (Å²) in [4.78, 5) is 51.1. The number of rotatable bonds is 14. The van der Waals surface area contributed by atoms with Gasteiger partial charge in [0, 0.05) is 62.6 Å². The van der Waals surface area contributed by atoms with Crippen molar-refractivity contribution in [3.05, 3.63) is 81.6 Å². The van der Waals surface area contributed by atoms with E-state index in [4.69, 9.17) is 42.1 Å². The third-order valence-electron chi connectivity index (χ3n) is 11.6. The van der Waals surface area contributed by atoms with Crippen molar-refractivity contribution in [1.82, 2.24) is 30.1 Å². The first-order chi connectivity index (χ1) is 27.0. The van der Waals surface area contributed by atoms with E-state index in [1.807, 2.05) is 51.3 Å². The predicted octanol–water partition coefficient (Wildman–Crippen LogP) is 4.83. The number of piperidine rings is 1. The molecule has 1 atom stereocenters. The van der Waals surface area contributed by atoms with Crippen LogP contribution >= 0.6 is 23.2 Å². The number of carbonyl (C=O) groups excluding carboxylic acids is 3. The highest BCUT2D eigenvalue weighted by atomic mass is 35.5. The van der Waals surface area contributed by atoms with Crippen molar-refractivity contribution in [2.75, 3.05) is 93.4 Å². The molecule has 2 amide bonds. The summed E-state index contributed by atoms with van der Waals surface area (Å²) in [6.45, 7) is 8.15. The Morgan fingerprint density at radius 2 is 1.54 bits per heavy atom. The summed E-state index contributed by atoms with van der Waals surface area (Å²) >= 11 is 13.0. The maximum absolute atomic E-state index is 14.3. The summed E-state index contributed by atoms with van der Waals surface area (Å²) in [6.07, 6.45) is 6.30. The molecule has 0 spiro atoms. The van der Waals surface area contributed by atoms with E-state index in [1.54, 1.807) is 25.3 Å². The molecule has 1 aromatic heterocycles. The van der Waals surface area contributed by atoms with Crippen molar-refractivity contribution in [2.24, 2.45) is 0 Å². The molecule has 3 aliphatic heterocycles. The van der Waals surface area contributed by atoms with E-state index >= 15 is 0 Å². The standard InChI is InChI=1S/C41H52Cl2N6O7/c1-5-56-36(50)27-47-19-21-49(22-20-47)45-39(52)41(31-7-6-14-44-26-31)12-16-46(17-13-41)15-10-40(30-8-9-32(42)33(43)25-30)11-18-48(28-40)38(51)29-23-34(53-2)37(55-4)35(24-29)54-3/h6-9,14,23-26H,5,10-13,15-22,27-28H2,1-4H3,(H,45,52). The molecule has 3 aromatic rings. The smallest absolute Gasteiger partial charge is 0.320 e. The second-order valence-corrected chi connectivity index (χ2v) is 15.5. The highest BCUT2D eigenvalue weighted by Crippen LogP contribution is 2.43. The summed E-state index contributed by atoms with van der Waals surface area (Å²) in [5.41, 5.74) is 4.49. The number of piperazine rings is 1. The lowest BCUT2D eigenvalue weighted by atomic mass is 9.72. The Bertz CT molecular complexity index is 1830. The Kier molecular flexibility index (Phi) is 13.6. The van der Waals surface area contributed by atoms with Crippen LogP contribution < -0.4 is 19.6 Å². The Morgan fingerprint density at radius 1 is 0.821 bits per heavy atom. The van der Waals surface area contributed by atoms with Crippen LogP contribution in [-0.4, -0.2) is 136 Å². The van der Waals surface area contributed by atoms with Crippen LogP contribution in [0.25, 0.3) is 0 Å². The molecule has 56 heavy (non-hydrogen) atoms. The lowest BCUT2D eigenvalue weighted by Gasteiger charge is -2.43. The van der Waals surface area contributed by atoms with Crippen molar-refractivity contribution in [2.45, 2.75) is 43.4 Å². The third kappa shape index (κ3) is 9.02. The number of aromatic nitrogens is 1. The topological polar surface area (TPSA) is 126 Å². The van der Waals surface area contributed by atoms with E-state index in [2.05, 4.69) is 15.3 Å². The zero-order valence-electron chi connectivity index (χ0n) is 32.7. The molecule has 1 unspecified atom stereocenters. The molecule has 1 N–H and O–H groups in total. The number of pyridine rings is 1. The van der Waals surface area contributed by atoms with Gasteiger partial charge < -0.3 is 28.7 Å². The number of hydrazine groups is 1. The van der Waals surface area contributed by atoms with Crippen molar-refractivity contribution >= 4 is 41.0 Å². The fourth-order valence-corrected chi connectivity index (χ4v) is 8.62. The van der Waals surface area contributed by atoms with E-state index in [0.717, 1.165) is 30.5 Å². The number of amides is 2. The zero-order chi connectivity index (χ0) is 39.9. The normalized spacial score (nSPS) is 20.4. The third-order valence-corrected chi connectivity index (χ3v) is 12.4. The summed E-state index contributed by atoms with van der Waals surface area (Å²) in [5.74, 6) is 0.865. The monoisotopic (exact) mass is 810 g/mol. The van der Waals surface area contributed by atoms with Crippen molar-refractivity contribution < 1.29 is 33.3 Å². The van der Waals surface area contributed by atoms with E-state index < -0.39 is 5.41 Å². The average Bonchev–Trinajstić information content (AvgIpc) is 3.67. The van der Waals surface area contributed by atoms with Gasteiger partial charge in [0.2, 0.25) is 11.7 Å². The fourth-order valence-electron chi connectivity index (χ4n) is 8.32. The number of nitrogens with zero attached hydrogens (tertiary/aromatic N) is 5. The van der Waals surface area contributed by atoms with Crippen LogP contribution in [0.15, 0.2) is 54.9 Å². The van der Waals surface area contributed by atoms with Crippen molar-refractivity contribution in [3.8, 4) is 17.2 Å². The number of benzene rings is 2. The Morgan fingerprint density at radius 3 is 2.14 bits per heavy atom. The minimum atomic E-state index is -0.745. The highest BCUT2D eigenvalue weighted by Gasteiger charge is 2.46. The molecule has 3 aliphatic rings. The molecule has 13 nitrogen and oxygen atoms in total. The molecule has 15 heteroatoms. The highest BCUT2D eigenvalue weighted by molar-refractivity contribution is 6.42. The molecule has 0 radical (unpaired) electrons. The molecule has 4 heterocycles. The second-order valence-electron chi connectivity index (χ2n) is 14.7. The Labute approximate surface area is 339 Å². The van der Waals surface area contributed by atoms with Gasteiger partial charge in [0.05, 0.1) is 49.9 Å². The minimum absolute atomic E-state index is 0.0343. The van der Waals surface area contributed by atoms with Gasteiger partial charge in [-0.2, -0.15) is 0 Å². The van der Waals surface area contributed by atoms with Crippen molar-refractivity contribution in [3.63, 3.8) is 0 Å². The average molecular weight is 812 g/mol. The number of nitrogens with one attached hydrogen (secondary N) is 1. The lowest BCUT2D eigenvalue weighted by Crippen LogP contribution is -2.59. The van der Waals surface area contributed by atoms with Gasteiger partial charge >= 0.3 is 5.97 Å². The van der Waals surface area contributed by atoms with E-state index in [-0.39, 0.29) is 29.7 Å². The van der Waals surface area contributed by atoms with E-state index in [9.17, 15) is 14.4 Å². The van der Waals surface area contributed by atoms with Gasteiger partial charge in [-0.3, -0.25) is 29.7 Å². The molecule has 0 aliphatic carbocycles. The van der Waals surface area contributed by atoms with Crippen LogP contribution in [0.5, 0.6) is 17.2 Å². The molecule has 2 aromatic carbocycles. The maximum atomic E-state index is 14.3. The second kappa shape index (κ2) is 18.4. The summed E-state index contributed by atoms with van der Waals surface area (Å²) < 4.78 is 21.7. The van der Waals surface area contributed by atoms with Gasteiger partial charge in [0.15, 0.2) is 11.5 Å². The van der Waals surface area contributed by atoms with Crippen molar-refractivity contribution in [1.29, 1.82) is 0 Å². The zero-order valence-corrected chi connectivity index (χ0v) is 34.2. The van der Waals surface area contributed by atoms with Crippen LogP contribution in [0.1, 0.15) is 54.1 Å². The number of esters is 1. The summed E-state index contributed by atoms with van der Waals surface area (Å²) in [6, 6.07) is 13.0. The number of hydrogen-bond acceptors (Lipinski definition) is 11. The van der Waals surface area contributed by atoms with E-state index in [0.29, 0.717) is 105 Å². The fraction of sp³-hybridized carbons (Fsp3) is 0.512. The quantitative estimate of drug-likeness (QED) is 0.225. The van der Waals surface area contributed by atoms with Gasteiger partial charge in [0.25, 0.3) is 5.91 Å². The largest absolute Gasteiger partial charge is 0.493 e. The van der Waals surface area contributed by atoms with Gasteiger partial charge in [-0.25, -0.2) is 5.01 Å². The predicted molar refractivity (Wildman–Crippen MR) is 214 cm³/mol. The van der Waals surface area contributed by atoms with Crippen LogP contribution in [0.4, 0.5) is 0 Å². The van der Waals surface area contributed by atoms with Gasteiger partial charge in [-0.1, -0.05) is 35.3 Å². The minimum Gasteiger partial charge on any atom is -0.493 e. The molecule has 3 fully saturated rings. The lowest BCUT2D eigenvalue weighted by molar-refractivity contribution is -0.145. The number of carbonyl (C=O) groups is 3. The SMILES string of the molecule is CCOC(=O)CN1CCN(NC(=O)C2(c3cccnc3)CCN(CCC3(c4ccc(Cl)c(Cl)c4)CCN(C(=O)c4cc(OC)c(OC)c(OC)c4)C3)CC2)CC1. The number of likely N-dealkylation sites (tertiary alicyclic amines) is 2. The van der Waals surface area contributed by atoms with Gasteiger partial charge in [-0.15, -0.1) is 0 Å². The van der Waals surface area contributed by atoms with Crippen LogP contribution in [-0.2, 0) is 25.2 Å². The molecular formula is C41H52Cl2N6O7. The first kappa shape index (κ1) is 41.5. The van der Waals surface area contributed by atoms with Crippen LogP contribution in [0.3, 0.4) is 0 Å². The number of halogens is 2. The number of hydrogen-bond donors (Lipinski definition) is 1. The summed E-state index contributed by atoms with van der Waals surface area (Å²) in [7, 11) is 4.59. The molecule has 0 saturated carbocycles. The van der Waals surface area contributed by atoms with Gasteiger partial charge in [0.1, 0.15) is 0 Å². The number of methoxy groups -OCH3 is 3. The first-order valence-electron chi connectivity index (χ1n) is 19.2. The molecule has 302 valence electrons. The maximum Gasteiger partial charge on any atom is 0.320 e. The molecule has 0 bridgehead atoms. The number of ether oxygens (including phenoxy) is 4. The molecular weight excluding hydrogens is 759 g/mol. The van der Waals surface area contributed by atoms with Crippen LogP contribution in [0.2, 0.25) is 10.0 Å². The van der Waals surface area contributed by atoms with Crippen LogP contribution in [0, 0.1) is 0 Å². The van der Waals surface area contributed by atoms with Gasteiger partial charge in [-0.05, 0) is 93.7 Å². The Balaban J connectivity index is 1.15. The molecule has 3 saturated heterocycles.